The Morgan fingerprint density at radius 2 is 2.21 bits per heavy atom. The van der Waals surface area contributed by atoms with Crippen LogP contribution < -0.4 is 11.1 Å². The molecule has 0 bridgehead atoms. The Bertz CT molecular complexity index is 392. The Hall–Kier alpha value is -0.940. The SMILES string of the molecule is CC(=O)c1ccc(NC(N)=S)c(Br)c1. The standard InChI is InChI=1S/C9H9BrN2OS/c1-5(13)6-2-3-8(7(10)4-6)12-9(11)14/h2-4H,1H3,(H3,11,12,14). The molecule has 0 aliphatic rings. The number of carbonyl (C=O) groups is 1. The quantitative estimate of drug-likeness (QED) is 0.641. The molecule has 3 N–H and O–H groups in total. The lowest BCUT2D eigenvalue weighted by Gasteiger charge is -2.07. The van der Waals surface area contributed by atoms with E-state index in [1.165, 1.54) is 6.92 Å². The molecule has 0 saturated carbocycles. The summed E-state index contributed by atoms with van der Waals surface area (Å²) in [4.78, 5) is 11.0. The van der Waals surface area contributed by atoms with E-state index in [0.717, 1.165) is 10.2 Å². The van der Waals surface area contributed by atoms with E-state index in [2.05, 4.69) is 21.2 Å². The van der Waals surface area contributed by atoms with Crippen molar-refractivity contribution in [1.82, 2.24) is 0 Å². The summed E-state index contributed by atoms with van der Waals surface area (Å²) in [6.07, 6.45) is 0. The lowest BCUT2D eigenvalue weighted by Crippen LogP contribution is -2.19. The highest BCUT2D eigenvalue weighted by atomic mass is 79.9. The zero-order valence-electron chi connectivity index (χ0n) is 7.50. The van der Waals surface area contributed by atoms with Crippen LogP contribution in [0.1, 0.15) is 17.3 Å². The molecule has 5 heteroatoms. The number of thiocarbonyl (C=S) groups is 1. The van der Waals surface area contributed by atoms with Crippen LogP contribution in [0.5, 0.6) is 0 Å². The first-order valence-electron chi connectivity index (χ1n) is 3.87. The minimum absolute atomic E-state index is 0.0209. The molecule has 3 nitrogen and oxygen atoms in total. The number of Topliss-reactive ketones (excluding diaryl/α,β-unsaturated/α-hetero) is 1. The lowest BCUT2D eigenvalue weighted by atomic mass is 10.1. The largest absolute Gasteiger partial charge is 0.376 e. The fourth-order valence-corrected chi connectivity index (χ4v) is 1.56. The summed E-state index contributed by atoms with van der Waals surface area (Å²) in [5.74, 6) is 0.0209. The molecule has 0 aromatic heterocycles. The summed E-state index contributed by atoms with van der Waals surface area (Å²) in [7, 11) is 0. The van der Waals surface area contributed by atoms with Crippen molar-refractivity contribution in [2.24, 2.45) is 5.73 Å². The molecule has 0 atom stereocenters. The molecule has 1 rings (SSSR count). The van der Waals surface area contributed by atoms with Crippen LogP contribution in [0, 0.1) is 0 Å². The number of rotatable bonds is 2. The second-order valence-corrected chi connectivity index (χ2v) is 4.03. The van der Waals surface area contributed by atoms with Gasteiger partial charge in [0.15, 0.2) is 10.9 Å². The van der Waals surface area contributed by atoms with E-state index in [4.69, 9.17) is 18.0 Å². The molecule has 1 aromatic carbocycles. The Kier molecular flexibility index (Phi) is 3.60. The van der Waals surface area contributed by atoms with Crippen LogP contribution in [0.4, 0.5) is 5.69 Å². The topological polar surface area (TPSA) is 55.1 Å². The third kappa shape index (κ3) is 2.78. The number of ketones is 1. The number of anilines is 1. The van der Waals surface area contributed by atoms with Gasteiger partial charge >= 0.3 is 0 Å². The molecule has 0 amide bonds. The van der Waals surface area contributed by atoms with E-state index in [0.29, 0.717) is 5.56 Å². The molecule has 0 spiro atoms. The van der Waals surface area contributed by atoms with E-state index in [-0.39, 0.29) is 10.9 Å². The van der Waals surface area contributed by atoms with Crippen molar-refractivity contribution >= 4 is 44.7 Å². The Labute approximate surface area is 95.8 Å². The van der Waals surface area contributed by atoms with Gasteiger partial charge in [-0.2, -0.15) is 0 Å². The number of nitrogens with two attached hydrogens (primary N) is 1. The van der Waals surface area contributed by atoms with Gasteiger partial charge in [-0.25, -0.2) is 0 Å². The summed E-state index contributed by atoms with van der Waals surface area (Å²) in [6, 6.07) is 5.19. The van der Waals surface area contributed by atoms with Crippen LogP contribution >= 0.6 is 28.1 Å². The van der Waals surface area contributed by atoms with Crippen LogP contribution in [-0.4, -0.2) is 10.9 Å². The molecule has 74 valence electrons. The maximum atomic E-state index is 11.0. The number of halogens is 1. The molecular weight excluding hydrogens is 264 g/mol. The van der Waals surface area contributed by atoms with Gasteiger partial charge in [-0.15, -0.1) is 0 Å². The zero-order valence-corrected chi connectivity index (χ0v) is 9.91. The van der Waals surface area contributed by atoms with Crippen molar-refractivity contribution in [3.63, 3.8) is 0 Å². The van der Waals surface area contributed by atoms with Crippen molar-refractivity contribution in [3.8, 4) is 0 Å². The first-order chi connectivity index (χ1) is 6.50. The minimum Gasteiger partial charge on any atom is -0.376 e. The molecular formula is C9H9BrN2OS. The van der Waals surface area contributed by atoms with Crippen molar-refractivity contribution in [3.05, 3.63) is 28.2 Å². The summed E-state index contributed by atoms with van der Waals surface area (Å²) in [5, 5.41) is 2.99. The molecule has 0 heterocycles. The van der Waals surface area contributed by atoms with Gasteiger partial charge in [-0.3, -0.25) is 4.79 Å². The summed E-state index contributed by atoms with van der Waals surface area (Å²) < 4.78 is 0.762. The highest BCUT2D eigenvalue weighted by Gasteiger charge is 2.04. The second kappa shape index (κ2) is 4.52. The van der Waals surface area contributed by atoms with E-state index >= 15 is 0 Å². The second-order valence-electron chi connectivity index (χ2n) is 2.74. The van der Waals surface area contributed by atoms with Gasteiger partial charge in [0.1, 0.15) is 0 Å². The first-order valence-corrected chi connectivity index (χ1v) is 5.08. The number of hydrogen-bond donors (Lipinski definition) is 2. The minimum atomic E-state index is 0.0209. The number of nitrogens with one attached hydrogen (secondary N) is 1. The van der Waals surface area contributed by atoms with Crippen molar-refractivity contribution < 1.29 is 4.79 Å². The number of carbonyl (C=O) groups excluding carboxylic acids is 1. The summed E-state index contributed by atoms with van der Waals surface area (Å²) >= 11 is 8.01. The molecule has 14 heavy (non-hydrogen) atoms. The van der Waals surface area contributed by atoms with E-state index in [1.54, 1.807) is 18.2 Å². The third-order valence-corrected chi connectivity index (χ3v) is 2.39. The van der Waals surface area contributed by atoms with E-state index < -0.39 is 0 Å². The van der Waals surface area contributed by atoms with Gasteiger partial charge in [-0.1, -0.05) is 0 Å². The number of hydrogen-bond acceptors (Lipinski definition) is 2. The Morgan fingerprint density at radius 3 is 2.64 bits per heavy atom. The molecule has 0 radical (unpaired) electrons. The van der Waals surface area contributed by atoms with Crippen molar-refractivity contribution in [2.75, 3.05) is 5.32 Å². The van der Waals surface area contributed by atoms with Crippen LogP contribution in [0.25, 0.3) is 0 Å². The van der Waals surface area contributed by atoms with Gasteiger partial charge in [0, 0.05) is 10.0 Å². The summed E-state index contributed by atoms with van der Waals surface area (Å²) in [6.45, 7) is 1.52. The van der Waals surface area contributed by atoms with Gasteiger partial charge in [0.2, 0.25) is 0 Å². The molecule has 0 aliphatic heterocycles. The average Bonchev–Trinajstić information content (AvgIpc) is 2.07. The smallest absolute Gasteiger partial charge is 0.168 e. The van der Waals surface area contributed by atoms with E-state index in [9.17, 15) is 4.79 Å². The highest BCUT2D eigenvalue weighted by Crippen LogP contribution is 2.23. The summed E-state index contributed by atoms with van der Waals surface area (Å²) in [5.41, 5.74) is 6.72. The van der Waals surface area contributed by atoms with Crippen LogP contribution in [-0.2, 0) is 0 Å². The van der Waals surface area contributed by atoms with Crippen molar-refractivity contribution in [1.29, 1.82) is 0 Å². The van der Waals surface area contributed by atoms with Gasteiger partial charge in [-0.05, 0) is 53.3 Å². The van der Waals surface area contributed by atoms with Gasteiger partial charge in [0.05, 0.1) is 5.69 Å². The predicted octanol–water partition coefficient (Wildman–Crippen LogP) is 2.31. The average molecular weight is 273 g/mol. The zero-order chi connectivity index (χ0) is 10.7. The number of benzene rings is 1. The van der Waals surface area contributed by atoms with Gasteiger partial charge in [0.25, 0.3) is 0 Å². The fourth-order valence-electron chi connectivity index (χ4n) is 0.968. The predicted molar refractivity (Wildman–Crippen MR) is 64.6 cm³/mol. The monoisotopic (exact) mass is 272 g/mol. The Morgan fingerprint density at radius 1 is 1.57 bits per heavy atom. The maximum absolute atomic E-state index is 11.0. The molecule has 1 aromatic rings. The molecule has 0 saturated heterocycles. The third-order valence-electron chi connectivity index (χ3n) is 1.63. The lowest BCUT2D eigenvalue weighted by molar-refractivity contribution is 0.101. The Balaban J connectivity index is 3.01. The van der Waals surface area contributed by atoms with Crippen LogP contribution in [0.15, 0.2) is 22.7 Å². The van der Waals surface area contributed by atoms with Gasteiger partial charge < -0.3 is 11.1 Å². The first kappa shape index (κ1) is 11.1. The maximum Gasteiger partial charge on any atom is 0.168 e. The van der Waals surface area contributed by atoms with Crippen molar-refractivity contribution in [2.45, 2.75) is 6.92 Å². The normalized spacial score (nSPS) is 9.57. The van der Waals surface area contributed by atoms with Crippen LogP contribution in [0.2, 0.25) is 0 Å². The van der Waals surface area contributed by atoms with Crippen LogP contribution in [0.3, 0.4) is 0 Å². The highest BCUT2D eigenvalue weighted by molar-refractivity contribution is 9.10. The fraction of sp³-hybridized carbons (Fsp3) is 0.111. The molecule has 0 unspecified atom stereocenters. The molecule has 0 aliphatic carbocycles. The molecule has 0 fully saturated rings. The van der Waals surface area contributed by atoms with E-state index in [1.807, 2.05) is 0 Å².